The molecule has 1 aliphatic carbocycles. The van der Waals surface area contributed by atoms with Crippen LogP contribution < -0.4 is 4.72 Å². The number of aromatic carboxylic acids is 1. The van der Waals surface area contributed by atoms with Crippen molar-refractivity contribution < 1.29 is 22.7 Å². The zero-order valence-corrected chi connectivity index (χ0v) is 20.0. The number of fused-ring (bicyclic) bond motifs is 1. The van der Waals surface area contributed by atoms with E-state index in [1.54, 1.807) is 45.0 Å². The van der Waals surface area contributed by atoms with Gasteiger partial charge in [0.25, 0.3) is 0 Å². The van der Waals surface area contributed by atoms with Crippen molar-refractivity contribution in [3.05, 3.63) is 48.0 Å². The first-order valence-electron chi connectivity index (χ1n) is 11.3. The van der Waals surface area contributed by atoms with Crippen LogP contribution in [-0.4, -0.2) is 30.0 Å². The predicted molar refractivity (Wildman–Crippen MR) is 127 cm³/mol. The smallest absolute Gasteiger partial charge is 0.392 e. The Morgan fingerprint density at radius 2 is 1.76 bits per heavy atom. The van der Waals surface area contributed by atoms with Gasteiger partial charge in [-0.05, 0) is 38.1 Å². The van der Waals surface area contributed by atoms with Gasteiger partial charge in [0.1, 0.15) is 11.5 Å². The molecule has 4 rings (SSSR count). The predicted octanol–water partition coefficient (Wildman–Crippen LogP) is 5.39. The van der Waals surface area contributed by atoms with Gasteiger partial charge in [-0.1, -0.05) is 62.4 Å². The number of aromatic nitrogens is 1. The normalized spacial score (nSPS) is 15.7. The van der Waals surface area contributed by atoms with Crippen molar-refractivity contribution in [2.75, 3.05) is 0 Å². The molecule has 0 radical (unpaired) electrons. The number of nitrogens with zero attached hydrogens (tertiary/aromatic N) is 1. The van der Waals surface area contributed by atoms with Crippen molar-refractivity contribution >= 4 is 26.8 Å². The van der Waals surface area contributed by atoms with E-state index in [1.165, 1.54) is 6.42 Å². The van der Waals surface area contributed by atoms with E-state index in [1.807, 2.05) is 12.1 Å². The molecule has 2 aromatic carbocycles. The zero-order chi connectivity index (χ0) is 23.8. The van der Waals surface area contributed by atoms with Crippen molar-refractivity contribution in [2.24, 2.45) is 5.92 Å². The number of rotatable bonds is 6. The Balaban J connectivity index is 1.85. The lowest BCUT2D eigenvalue weighted by atomic mass is 9.85. The standard InChI is InChI=1S/C25H30N2O5S/c1-25(2,3)27-33(30,31)21-14-13-19(17-11-7-8-12-18(17)21)22-20(32-23(26-22)24(28)29)15-16-9-5-4-6-10-16/h7-8,11-14,16,27H,4-6,9-10,15H2,1-3H3,(H,28,29). The molecule has 1 saturated carbocycles. The van der Waals surface area contributed by atoms with E-state index in [0.717, 1.165) is 25.7 Å². The second-order valence-corrected chi connectivity index (χ2v) is 11.5. The van der Waals surface area contributed by atoms with Gasteiger partial charge < -0.3 is 9.52 Å². The van der Waals surface area contributed by atoms with Crippen LogP contribution >= 0.6 is 0 Å². The molecule has 1 fully saturated rings. The summed E-state index contributed by atoms with van der Waals surface area (Å²) in [6.07, 6.45) is 6.34. The fourth-order valence-corrected chi connectivity index (χ4v) is 6.25. The highest BCUT2D eigenvalue weighted by Gasteiger charge is 2.27. The largest absolute Gasteiger partial charge is 0.474 e. The number of hydrogen-bond acceptors (Lipinski definition) is 5. The van der Waals surface area contributed by atoms with Crippen molar-refractivity contribution in [1.29, 1.82) is 0 Å². The van der Waals surface area contributed by atoms with Crippen LogP contribution in [0.25, 0.3) is 22.0 Å². The molecular formula is C25H30N2O5S. The summed E-state index contributed by atoms with van der Waals surface area (Å²) in [5, 5.41) is 10.7. The molecule has 1 heterocycles. The maximum absolute atomic E-state index is 13.1. The maximum atomic E-state index is 13.1. The molecule has 0 unspecified atom stereocenters. The molecule has 0 saturated heterocycles. The fourth-order valence-electron chi connectivity index (χ4n) is 4.62. The van der Waals surface area contributed by atoms with Gasteiger partial charge in [0.15, 0.2) is 0 Å². The Morgan fingerprint density at radius 1 is 1.09 bits per heavy atom. The van der Waals surface area contributed by atoms with Gasteiger partial charge in [-0.25, -0.2) is 22.9 Å². The first-order valence-corrected chi connectivity index (χ1v) is 12.8. The third-order valence-electron chi connectivity index (χ3n) is 5.95. The highest BCUT2D eigenvalue weighted by molar-refractivity contribution is 7.89. The van der Waals surface area contributed by atoms with Crippen LogP contribution in [-0.2, 0) is 16.4 Å². The molecule has 1 aromatic heterocycles. The zero-order valence-electron chi connectivity index (χ0n) is 19.2. The number of oxazole rings is 1. The summed E-state index contributed by atoms with van der Waals surface area (Å²) < 4.78 is 34.6. The summed E-state index contributed by atoms with van der Waals surface area (Å²) >= 11 is 0. The lowest BCUT2D eigenvalue weighted by Gasteiger charge is -2.22. The number of benzene rings is 2. The van der Waals surface area contributed by atoms with Crippen molar-refractivity contribution in [3.63, 3.8) is 0 Å². The van der Waals surface area contributed by atoms with Crippen molar-refractivity contribution in [2.45, 2.75) is 69.7 Å². The SMILES string of the molecule is CC(C)(C)NS(=O)(=O)c1ccc(-c2nc(C(=O)O)oc2CC2CCCCC2)c2ccccc12. The van der Waals surface area contributed by atoms with Crippen LogP contribution in [0.5, 0.6) is 0 Å². The number of carboxylic acids is 1. The number of nitrogens with one attached hydrogen (secondary N) is 1. The van der Waals surface area contributed by atoms with Crippen molar-refractivity contribution in [3.8, 4) is 11.3 Å². The van der Waals surface area contributed by atoms with Gasteiger partial charge in [-0.15, -0.1) is 0 Å². The Morgan fingerprint density at radius 3 is 2.39 bits per heavy atom. The molecule has 33 heavy (non-hydrogen) atoms. The lowest BCUT2D eigenvalue weighted by molar-refractivity contribution is 0.0651. The summed E-state index contributed by atoms with van der Waals surface area (Å²) in [5.41, 5.74) is 0.512. The highest BCUT2D eigenvalue weighted by Crippen LogP contribution is 2.37. The van der Waals surface area contributed by atoms with Crippen LogP contribution in [0, 0.1) is 5.92 Å². The molecule has 7 nitrogen and oxygen atoms in total. The van der Waals surface area contributed by atoms with Gasteiger partial charge in [-0.2, -0.15) is 0 Å². The lowest BCUT2D eigenvalue weighted by Crippen LogP contribution is -2.40. The topological polar surface area (TPSA) is 110 Å². The molecule has 1 aliphatic rings. The molecule has 176 valence electrons. The van der Waals surface area contributed by atoms with E-state index in [4.69, 9.17) is 4.42 Å². The summed E-state index contributed by atoms with van der Waals surface area (Å²) in [7, 11) is -3.77. The van der Waals surface area contributed by atoms with E-state index >= 15 is 0 Å². The summed E-state index contributed by atoms with van der Waals surface area (Å²) in [5.74, 6) is -0.586. The van der Waals surface area contributed by atoms with Crippen molar-refractivity contribution in [1.82, 2.24) is 9.71 Å². The molecular weight excluding hydrogens is 440 g/mol. The van der Waals surface area contributed by atoms with Gasteiger partial charge in [0, 0.05) is 22.9 Å². The van der Waals surface area contributed by atoms with E-state index < -0.39 is 21.5 Å². The third-order valence-corrected chi connectivity index (χ3v) is 7.76. The average Bonchev–Trinajstić information content (AvgIpc) is 3.16. The minimum atomic E-state index is -3.77. The monoisotopic (exact) mass is 470 g/mol. The molecule has 0 bridgehead atoms. The first kappa shape index (κ1) is 23.4. The summed E-state index contributed by atoms with van der Waals surface area (Å²) in [6.45, 7) is 5.38. The van der Waals surface area contributed by atoms with Crippen LogP contribution in [0.4, 0.5) is 0 Å². The van der Waals surface area contributed by atoms with Crippen LogP contribution in [0.3, 0.4) is 0 Å². The van der Waals surface area contributed by atoms with Gasteiger partial charge in [0.05, 0.1) is 4.90 Å². The third kappa shape index (κ3) is 5.12. The van der Waals surface area contributed by atoms with E-state index in [0.29, 0.717) is 40.1 Å². The Hall–Kier alpha value is -2.71. The minimum absolute atomic E-state index is 0.174. The van der Waals surface area contributed by atoms with Crippen LogP contribution in [0.1, 0.15) is 69.3 Å². The average molecular weight is 471 g/mol. The molecule has 0 aliphatic heterocycles. The van der Waals surface area contributed by atoms with Gasteiger partial charge in [0.2, 0.25) is 10.0 Å². The van der Waals surface area contributed by atoms with E-state index in [9.17, 15) is 18.3 Å². The van der Waals surface area contributed by atoms with E-state index in [2.05, 4.69) is 9.71 Å². The number of carbonyl (C=O) groups is 1. The summed E-state index contributed by atoms with van der Waals surface area (Å²) in [6, 6.07) is 10.5. The van der Waals surface area contributed by atoms with Crippen LogP contribution in [0.2, 0.25) is 0 Å². The molecule has 0 amide bonds. The van der Waals surface area contributed by atoms with Crippen LogP contribution in [0.15, 0.2) is 45.7 Å². The maximum Gasteiger partial charge on any atom is 0.392 e. The molecule has 3 aromatic rings. The molecule has 8 heteroatoms. The van der Waals surface area contributed by atoms with Gasteiger partial charge >= 0.3 is 11.9 Å². The second-order valence-electron chi connectivity index (χ2n) is 9.82. The van der Waals surface area contributed by atoms with Gasteiger partial charge in [-0.3, -0.25) is 0 Å². The van der Waals surface area contributed by atoms with E-state index in [-0.39, 0.29) is 10.8 Å². The fraction of sp³-hybridized carbons (Fsp3) is 0.440. The first-order chi connectivity index (χ1) is 15.5. The Labute approximate surface area is 194 Å². The number of hydrogen-bond donors (Lipinski definition) is 2. The number of carboxylic acid groups (broad SMARTS) is 1. The molecule has 2 N–H and O–H groups in total. The highest BCUT2D eigenvalue weighted by atomic mass is 32.2. The Kier molecular flexibility index (Phi) is 6.33. The second kappa shape index (κ2) is 8.91. The Bertz CT molecular complexity index is 1280. The molecule has 0 atom stereocenters. The molecule has 0 spiro atoms. The number of sulfonamides is 1. The minimum Gasteiger partial charge on any atom is -0.474 e. The quantitative estimate of drug-likeness (QED) is 0.500. The summed E-state index contributed by atoms with van der Waals surface area (Å²) in [4.78, 5) is 16.1.